The second kappa shape index (κ2) is 5.03. The predicted octanol–water partition coefficient (Wildman–Crippen LogP) is 1.76. The highest BCUT2D eigenvalue weighted by atomic mass is 32.2. The molecule has 2 rings (SSSR count). The van der Waals surface area contributed by atoms with E-state index < -0.39 is 0 Å². The van der Waals surface area contributed by atoms with Gasteiger partial charge in [0.2, 0.25) is 0 Å². The fraction of sp³-hybridized carbons (Fsp3) is 0.727. The van der Waals surface area contributed by atoms with Gasteiger partial charge in [-0.1, -0.05) is 6.92 Å². The third-order valence-electron chi connectivity index (χ3n) is 2.76. The molecule has 1 aromatic heterocycles. The maximum atomic E-state index is 4.05. The van der Waals surface area contributed by atoms with Gasteiger partial charge in [0.1, 0.15) is 0 Å². The summed E-state index contributed by atoms with van der Waals surface area (Å²) >= 11 is 2.07. The monoisotopic (exact) mass is 225 g/mol. The molecular weight excluding hydrogens is 206 g/mol. The fourth-order valence-electron chi connectivity index (χ4n) is 2.10. The third kappa shape index (κ3) is 3.24. The van der Waals surface area contributed by atoms with E-state index in [4.69, 9.17) is 0 Å². The second-order valence-corrected chi connectivity index (χ2v) is 5.88. The molecule has 0 aliphatic carbocycles. The van der Waals surface area contributed by atoms with Crippen molar-refractivity contribution in [3.05, 3.63) is 18.7 Å². The van der Waals surface area contributed by atoms with Crippen molar-refractivity contribution < 1.29 is 0 Å². The molecule has 4 heteroatoms. The highest BCUT2D eigenvalue weighted by Crippen LogP contribution is 2.26. The van der Waals surface area contributed by atoms with Crippen molar-refractivity contribution in [3.63, 3.8) is 0 Å². The maximum Gasteiger partial charge on any atom is 0.0946 e. The Kier molecular flexibility index (Phi) is 3.70. The smallest absolute Gasteiger partial charge is 0.0946 e. The van der Waals surface area contributed by atoms with Crippen LogP contribution in [0.5, 0.6) is 0 Å². The van der Waals surface area contributed by atoms with Crippen LogP contribution in [-0.4, -0.2) is 32.6 Å². The molecular formula is C11H19N3S. The Balaban J connectivity index is 1.75. The molecule has 3 unspecified atom stereocenters. The van der Waals surface area contributed by atoms with E-state index in [1.807, 2.05) is 18.7 Å². The minimum absolute atomic E-state index is 0.523. The fourth-order valence-corrected chi connectivity index (χ4v) is 3.26. The highest BCUT2D eigenvalue weighted by molar-refractivity contribution is 8.00. The Hall–Kier alpha value is -0.480. The average molecular weight is 225 g/mol. The molecule has 0 radical (unpaired) electrons. The zero-order valence-electron chi connectivity index (χ0n) is 9.39. The van der Waals surface area contributed by atoms with Gasteiger partial charge in [-0.3, -0.25) is 0 Å². The van der Waals surface area contributed by atoms with E-state index in [0.29, 0.717) is 12.1 Å². The Labute approximate surface area is 95.7 Å². The SMILES string of the molecule is CC(Cn1ccnc1)NC1CSC(C)C1. The van der Waals surface area contributed by atoms with Crippen molar-refractivity contribution in [1.82, 2.24) is 14.9 Å². The Morgan fingerprint density at radius 3 is 3.13 bits per heavy atom. The lowest BCUT2D eigenvalue weighted by Gasteiger charge is -2.19. The molecule has 1 fully saturated rings. The molecule has 1 N–H and O–H groups in total. The minimum Gasteiger partial charge on any atom is -0.336 e. The van der Waals surface area contributed by atoms with Gasteiger partial charge in [-0.2, -0.15) is 11.8 Å². The first-order valence-electron chi connectivity index (χ1n) is 5.57. The molecule has 2 heterocycles. The number of hydrogen-bond acceptors (Lipinski definition) is 3. The van der Waals surface area contributed by atoms with Gasteiger partial charge in [-0.05, 0) is 13.3 Å². The van der Waals surface area contributed by atoms with Crippen LogP contribution in [0.1, 0.15) is 20.3 Å². The van der Waals surface area contributed by atoms with Crippen LogP contribution < -0.4 is 5.32 Å². The summed E-state index contributed by atoms with van der Waals surface area (Å²) in [6, 6.07) is 1.22. The zero-order valence-corrected chi connectivity index (χ0v) is 10.2. The summed E-state index contributed by atoms with van der Waals surface area (Å²) < 4.78 is 2.13. The molecule has 15 heavy (non-hydrogen) atoms. The molecule has 1 aromatic rings. The summed E-state index contributed by atoms with van der Waals surface area (Å²) in [7, 11) is 0. The van der Waals surface area contributed by atoms with Gasteiger partial charge in [0.15, 0.2) is 0 Å². The number of thioether (sulfide) groups is 1. The minimum atomic E-state index is 0.523. The molecule has 0 spiro atoms. The van der Waals surface area contributed by atoms with E-state index in [1.54, 1.807) is 0 Å². The molecule has 84 valence electrons. The maximum absolute atomic E-state index is 4.05. The highest BCUT2D eigenvalue weighted by Gasteiger charge is 2.22. The van der Waals surface area contributed by atoms with E-state index in [9.17, 15) is 0 Å². The van der Waals surface area contributed by atoms with Crippen LogP contribution in [0.25, 0.3) is 0 Å². The second-order valence-electron chi connectivity index (χ2n) is 4.40. The van der Waals surface area contributed by atoms with Gasteiger partial charge < -0.3 is 9.88 Å². The van der Waals surface area contributed by atoms with Gasteiger partial charge in [0, 0.05) is 42.0 Å². The van der Waals surface area contributed by atoms with Gasteiger partial charge in [-0.15, -0.1) is 0 Å². The first-order chi connectivity index (χ1) is 7.24. The topological polar surface area (TPSA) is 29.9 Å². The molecule has 0 bridgehead atoms. The average Bonchev–Trinajstić information content (AvgIpc) is 2.77. The van der Waals surface area contributed by atoms with E-state index in [0.717, 1.165) is 11.8 Å². The summed E-state index contributed by atoms with van der Waals surface area (Å²) in [5.74, 6) is 1.26. The van der Waals surface area contributed by atoms with Crippen molar-refractivity contribution in [2.45, 2.75) is 44.1 Å². The van der Waals surface area contributed by atoms with Crippen LogP contribution in [0.4, 0.5) is 0 Å². The Bertz CT molecular complexity index is 286. The largest absolute Gasteiger partial charge is 0.336 e. The molecule has 0 aromatic carbocycles. The van der Waals surface area contributed by atoms with E-state index >= 15 is 0 Å². The Morgan fingerprint density at radius 1 is 1.67 bits per heavy atom. The number of rotatable bonds is 4. The van der Waals surface area contributed by atoms with E-state index in [-0.39, 0.29) is 0 Å². The summed E-state index contributed by atoms with van der Waals surface area (Å²) in [6.45, 7) is 5.57. The normalized spacial score (nSPS) is 28.1. The first kappa shape index (κ1) is 11.0. The molecule has 3 nitrogen and oxygen atoms in total. The number of nitrogens with zero attached hydrogens (tertiary/aromatic N) is 2. The Morgan fingerprint density at radius 2 is 2.53 bits per heavy atom. The van der Waals surface area contributed by atoms with Crippen molar-refractivity contribution in [1.29, 1.82) is 0 Å². The number of nitrogens with one attached hydrogen (secondary N) is 1. The number of imidazole rings is 1. The number of aromatic nitrogens is 2. The zero-order chi connectivity index (χ0) is 10.7. The molecule has 0 amide bonds. The molecule has 1 aliphatic rings. The van der Waals surface area contributed by atoms with Crippen molar-refractivity contribution >= 4 is 11.8 Å². The standard InChI is InChI=1S/C11H19N3S/c1-9(6-14-4-3-12-8-14)13-11-5-10(2)15-7-11/h3-4,8-11,13H,5-7H2,1-2H3. The summed E-state index contributed by atoms with van der Waals surface area (Å²) in [5.41, 5.74) is 0. The predicted molar refractivity (Wildman–Crippen MR) is 65.1 cm³/mol. The lowest BCUT2D eigenvalue weighted by atomic mass is 10.1. The van der Waals surface area contributed by atoms with Gasteiger partial charge in [0.25, 0.3) is 0 Å². The van der Waals surface area contributed by atoms with E-state index in [2.05, 4.69) is 40.5 Å². The molecule has 1 saturated heterocycles. The van der Waals surface area contributed by atoms with Gasteiger partial charge in [-0.25, -0.2) is 4.98 Å². The van der Waals surface area contributed by atoms with Gasteiger partial charge >= 0.3 is 0 Å². The lowest BCUT2D eigenvalue weighted by molar-refractivity contribution is 0.420. The summed E-state index contributed by atoms with van der Waals surface area (Å²) in [4.78, 5) is 4.05. The molecule has 0 saturated carbocycles. The first-order valence-corrected chi connectivity index (χ1v) is 6.62. The molecule has 3 atom stereocenters. The summed E-state index contributed by atoms with van der Waals surface area (Å²) in [6.07, 6.45) is 7.04. The van der Waals surface area contributed by atoms with Crippen LogP contribution in [0.3, 0.4) is 0 Å². The quantitative estimate of drug-likeness (QED) is 0.847. The van der Waals surface area contributed by atoms with Crippen molar-refractivity contribution in [2.75, 3.05) is 5.75 Å². The van der Waals surface area contributed by atoms with Crippen LogP contribution in [-0.2, 0) is 6.54 Å². The van der Waals surface area contributed by atoms with Gasteiger partial charge in [0.05, 0.1) is 6.33 Å². The summed E-state index contributed by atoms with van der Waals surface area (Å²) in [5, 5.41) is 4.50. The van der Waals surface area contributed by atoms with Crippen molar-refractivity contribution in [2.24, 2.45) is 0 Å². The van der Waals surface area contributed by atoms with Crippen LogP contribution in [0.15, 0.2) is 18.7 Å². The lowest BCUT2D eigenvalue weighted by Crippen LogP contribution is -2.39. The molecule has 1 aliphatic heterocycles. The van der Waals surface area contributed by atoms with Crippen molar-refractivity contribution in [3.8, 4) is 0 Å². The number of hydrogen-bond donors (Lipinski definition) is 1. The van der Waals surface area contributed by atoms with Crippen LogP contribution in [0, 0.1) is 0 Å². The van der Waals surface area contributed by atoms with E-state index in [1.165, 1.54) is 12.2 Å². The van der Waals surface area contributed by atoms with Crippen LogP contribution in [0.2, 0.25) is 0 Å². The van der Waals surface area contributed by atoms with Crippen LogP contribution >= 0.6 is 11.8 Å². The third-order valence-corrected chi connectivity index (χ3v) is 4.12.